The number of carbonyl (C=O) groups excluding carboxylic acids is 1. The summed E-state index contributed by atoms with van der Waals surface area (Å²) in [6.45, 7) is 1.63. The van der Waals surface area contributed by atoms with Crippen molar-refractivity contribution >= 4 is 33.3 Å². The number of anilines is 1. The molecule has 1 aliphatic rings. The van der Waals surface area contributed by atoms with Gasteiger partial charge < -0.3 is 15.0 Å². The van der Waals surface area contributed by atoms with Crippen molar-refractivity contribution in [2.45, 2.75) is 31.8 Å². The van der Waals surface area contributed by atoms with Crippen molar-refractivity contribution in [3.63, 3.8) is 0 Å². The Labute approximate surface area is 134 Å². The molecule has 6 heteroatoms. The number of thiazole rings is 1. The molecule has 1 fully saturated rings. The van der Waals surface area contributed by atoms with Crippen LogP contribution in [-0.4, -0.2) is 42.2 Å². The first-order valence-corrected chi connectivity index (χ1v) is 8.57. The first kappa shape index (κ1) is 15.2. The van der Waals surface area contributed by atoms with Crippen LogP contribution in [0.4, 0.5) is 10.5 Å². The van der Waals surface area contributed by atoms with Gasteiger partial charge in [-0.1, -0.05) is 0 Å². The number of benzene rings is 1. The fraction of sp³-hybridized carbons (Fsp3) is 0.500. The van der Waals surface area contributed by atoms with E-state index in [2.05, 4.69) is 10.3 Å². The number of amides is 2. The van der Waals surface area contributed by atoms with Gasteiger partial charge in [-0.15, -0.1) is 11.3 Å². The van der Waals surface area contributed by atoms with Crippen molar-refractivity contribution in [3.8, 4) is 0 Å². The Balaban J connectivity index is 1.47. The Kier molecular flexibility index (Phi) is 4.90. The Morgan fingerprint density at radius 2 is 2.45 bits per heavy atom. The van der Waals surface area contributed by atoms with Crippen molar-refractivity contribution in [1.82, 2.24) is 9.88 Å². The van der Waals surface area contributed by atoms with E-state index < -0.39 is 0 Å². The van der Waals surface area contributed by atoms with E-state index in [-0.39, 0.29) is 6.03 Å². The Hall–Kier alpha value is -1.66. The minimum Gasteiger partial charge on any atom is -0.378 e. The normalized spacial score (nSPS) is 17.8. The highest BCUT2D eigenvalue weighted by atomic mass is 32.1. The molecule has 2 heterocycles. The maximum absolute atomic E-state index is 12.2. The molecule has 2 amide bonds. The smallest absolute Gasteiger partial charge is 0.321 e. The first-order valence-electron chi connectivity index (χ1n) is 7.69. The van der Waals surface area contributed by atoms with Crippen LogP contribution in [0, 0.1) is 0 Å². The molecule has 0 saturated carbocycles. The summed E-state index contributed by atoms with van der Waals surface area (Å²) in [6.07, 6.45) is 4.73. The predicted molar refractivity (Wildman–Crippen MR) is 89.5 cm³/mol. The number of aromatic nitrogens is 1. The van der Waals surface area contributed by atoms with Gasteiger partial charge in [0.2, 0.25) is 0 Å². The van der Waals surface area contributed by atoms with E-state index in [1.165, 1.54) is 6.42 Å². The van der Waals surface area contributed by atoms with Gasteiger partial charge in [-0.2, -0.15) is 0 Å². The summed E-state index contributed by atoms with van der Waals surface area (Å²) >= 11 is 1.58. The number of hydrogen-bond donors (Lipinski definition) is 1. The zero-order valence-electron chi connectivity index (χ0n) is 12.7. The zero-order chi connectivity index (χ0) is 15.4. The average Bonchev–Trinajstić information content (AvgIpc) is 3.17. The van der Waals surface area contributed by atoms with Crippen LogP contribution in [0.3, 0.4) is 0 Å². The second-order valence-corrected chi connectivity index (χ2v) is 6.55. The Morgan fingerprint density at radius 3 is 3.27 bits per heavy atom. The highest BCUT2D eigenvalue weighted by Crippen LogP contribution is 2.22. The summed E-state index contributed by atoms with van der Waals surface area (Å²) in [5, 5.41) is 2.94. The van der Waals surface area contributed by atoms with Crippen LogP contribution in [0.1, 0.15) is 25.7 Å². The summed E-state index contributed by atoms with van der Waals surface area (Å²) in [6, 6.07) is 5.71. The number of hydrogen-bond acceptors (Lipinski definition) is 4. The molecule has 1 aromatic carbocycles. The quantitative estimate of drug-likeness (QED) is 0.914. The maximum atomic E-state index is 12.2. The molecule has 3 rings (SSSR count). The van der Waals surface area contributed by atoms with Gasteiger partial charge in [-0.25, -0.2) is 9.78 Å². The lowest BCUT2D eigenvalue weighted by molar-refractivity contribution is 0.101. The molecule has 0 radical (unpaired) electrons. The zero-order valence-corrected chi connectivity index (χ0v) is 13.6. The molecule has 0 bridgehead atoms. The number of urea groups is 1. The largest absolute Gasteiger partial charge is 0.378 e. The van der Waals surface area contributed by atoms with Crippen LogP contribution in [0.5, 0.6) is 0 Å². The van der Waals surface area contributed by atoms with Gasteiger partial charge >= 0.3 is 6.03 Å². The van der Waals surface area contributed by atoms with Crippen LogP contribution in [-0.2, 0) is 4.74 Å². The molecule has 0 spiro atoms. The number of carbonyl (C=O) groups is 1. The molecule has 118 valence electrons. The SMILES string of the molecule is CN(CCC[C@H]1CCCO1)C(=O)Nc1ccc2ncsc2c1. The second kappa shape index (κ2) is 7.07. The number of nitrogens with one attached hydrogen (secondary N) is 1. The molecule has 0 unspecified atom stereocenters. The van der Waals surface area contributed by atoms with Crippen LogP contribution in [0.25, 0.3) is 10.2 Å². The summed E-state index contributed by atoms with van der Waals surface area (Å²) in [4.78, 5) is 18.1. The molecule has 1 N–H and O–H groups in total. The van der Waals surface area contributed by atoms with Crippen molar-refractivity contribution < 1.29 is 9.53 Å². The van der Waals surface area contributed by atoms with Gasteiger partial charge in [0.15, 0.2) is 0 Å². The maximum Gasteiger partial charge on any atom is 0.321 e. The van der Waals surface area contributed by atoms with Gasteiger partial charge in [-0.05, 0) is 43.9 Å². The van der Waals surface area contributed by atoms with Crippen molar-refractivity contribution in [3.05, 3.63) is 23.7 Å². The summed E-state index contributed by atoms with van der Waals surface area (Å²) in [7, 11) is 1.83. The van der Waals surface area contributed by atoms with Crippen LogP contribution >= 0.6 is 11.3 Å². The van der Waals surface area contributed by atoms with E-state index in [9.17, 15) is 4.79 Å². The van der Waals surface area contributed by atoms with Gasteiger partial charge in [0, 0.05) is 25.9 Å². The lowest BCUT2D eigenvalue weighted by atomic mass is 10.1. The van der Waals surface area contributed by atoms with Crippen LogP contribution in [0.15, 0.2) is 23.7 Å². The average molecular weight is 319 g/mol. The molecule has 1 atom stereocenters. The molecule has 1 saturated heterocycles. The van der Waals surface area contributed by atoms with Gasteiger partial charge in [0.05, 0.1) is 21.8 Å². The standard InChI is InChI=1S/C16H21N3O2S/c1-19(8-2-4-13-5-3-9-21-13)16(20)18-12-6-7-14-15(10-12)22-11-17-14/h6-7,10-11,13H,2-5,8-9H2,1H3,(H,18,20)/t13-/m0/s1. The molecule has 0 aliphatic carbocycles. The van der Waals surface area contributed by atoms with E-state index >= 15 is 0 Å². The summed E-state index contributed by atoms with van der Waals surface area (Å²) < 4.78 is 6.68. The third-order valence-electron chi connectivity index (χ3n) is 3.97. The predicted octanol–water partition coefficient (Wildman–Crippen LogP) is 3.72. The lowest BCUT2D eigenvalue weighted by Crippen LogP contribution is -2.32. The minimum absolute atomic E-state index is 0.0730. The molecule has 1 aliphatic heterocycles. The monoisotopic (exact) mass is 319 g/mol. The molecule has 22 heavy (non-hydrogen) atoms. The van der Waals surface area contributed by atoms with Gasteiger partial charge in [0.1, 0.15) is 0 Å². The second-order valence-electron chi connectivity index (χ2n) is 5.66. The van der Waals surface area contributed by atoms with Crippen LogP contribution < -0.4 is 5.32 Å². The Morgan fingerprint density at radius 1 is 1.55 bits per heavy atom. The number of fused-ring (bicyclic) bond motifs is 1. The summed E-state index contributed by atoms with van der Waals surface area (Å²) in [5.41, 5.74) is 3.59. The van der Waals surface area contributed by atoms with Crippen molar-refractivity contribution in [2.24, 2.45) is 0 Å². The molecule has 1 aromatic heterocycles. The fourth-order valence-electron chi connectivity index (χ4n) is 2.68. The molecule has 2 aromatic rings. The summed E-state index contributed by atoms with van der Waals surface area (Å²) in [5.74, 6) is 0. The topological polar surface area (TPSA) is 54.5 Å². The van der Waals surface area contributed by atoms with Gasteiger partial charge in [-0.3, -0.25) is 0 Å². The minimum atomic E-state index is -0.0730. The highest BCUT2D eigenvalue weighted by molar-refractivity contribution is 7.16. The first-order chi connectivity index (χ1) is 10.7. The lowest BCUT2D eigenvalue weighted by Gasteiger charge is -2.19. The fourth-order valence-corrected chi connectivity index (χ4v) is 3.40. The number of rotatable bonds is 5. The molecular weight excluding hydrogens is 298 g/mol. The van der Waals surface area contributed by atoms with E-state index in [0.717, 1.165) is 48.3 Å². The van der Waals surface area contributed by atoms with Crippen molar-refractivity contribution in [1.29, 1.82) is 0 Å². The number of nitrogens with zero attached hydrogens (tertiary/aromatic N) is 2. The van der Waals surface area contributed by atoms with E-state index in [1.807, 2.05) is 30.8 Å². The highest BCUT2D eigenvalue weighted by Gasteiger charge is 2.16. The number of ether oxygens (including phenoxy) is 1. The molecular formula is C16H21N3O2S. The third-order valence-corrected chi connectivity index (χ3v) is 4.76. The van der Waals surface area contributed by atoms with E-state index in [0.29, 0.717) is 6.10 Å². The molecule has 5 nitrogen and oxygen atoms in total. The van der Waals surface area contributed by atoms with Crippen LogP contribution in [0.2, 0.25) is 0 Å². The van der Waals surface area contributed by atoms with E-state index in [1.54, 1.807) is 16.2 Å². The van der Waals surface area contributed by atoms with Crippen molar-refractivity contribution in [2.75, 3.05) is 25.5 Å². The van der Waals surface area contributed by atoms with E-state index in [4.69, 9.17) is 4.74 Å². The van der Waals surface area contributed by atoms with Gasteiger partial charge in [0.25, 0.3) is 0 Å². The third kappa shape index (κ3) is 3.75. The Bertz CT molecular complexity index is 637.